The van der Waals surface area contributed by atoms with Crippen LogP contribution >= 0.6 is 0 Å². The molecular formula is C18H21NO3. The molecule has 2 bridgehead atoms. The number of benzene rings is 1. The number of phenolic OH excluding ortho intramolecular Hbond substituents is 1. The molecule has 2 aliphatic carbocycles. The summed E-state index contributed by atoms with van der Waals surface area (Å²) in [7, 11) is 2.21. The number of rotatable bonds is 0. The van der Waals surface area contributed by atoms with E-state index in [0.717, 1.165) is 24.9 Å². The lowest BCUT2D eigenvalue weighted by Crippen LogP contribution is -2.67. The van der Waals surface area contributed by atoms with Crippen LogP contribution in [0.25, 0.3) is 0 Å². The SMILES string of the molecule is C[C@@H]1CC(=O)[C@@H]2Oc3c(O)ccc4c3[C@@]23CCN(C)[C@H](C4)[C@H]13. The van der Waals surface area contributed by atoms with Gasteiger partial charge in [-0.25, -0.2) is 0 Å². The van der Waals surface area contributed by atoms with E-state index >= 15 is 0 Å². The van der Waals surface area contributed by atoms with Gasteiger partial charge in [-0.3, -0.25) is 4.79 Å². The Kier molecular flexibility index (Phi) is 2.27. The van der Waals surface area contributed by atoms with E-state index < -0.39 is 0 Å². The maximum Gasteiger partial charge on any atom is 0.174 e. The largest absolute Gasteiger partial charge is 0.504 e. The molecule has 2 heterocycles. The third-order valence-electron chi connectivity index (χ3n) is 6.70. The van der Waals surface area contributed by atoms with Gasteiger partial charge in [-0.15, -0.1) is 0 Å². The predicted octanol–water partition coefficient (Wildman–Crippen LogP) is 1.88. The molecule has 2 aliphatic heterocycles. The van der Waals surface area contributed by atoms with Crippen LogP contribution in [0.5, 0.6) is 11.5 Å². The van der Waals surface area contributed by atoms with E-state index in [0.29, 0.717) is 30.0 Å². The summed E-state index contributed by atoms with van der Waals surface area (Å²) < 4.78 is 6.09. The van der Waals surface area contributed by atoms with E-state index in [2.05, 4.69) is 18.9 Å². The minimum atomic E-state index is -0.382. The van der Waals surface area contributed by atoms with Crippen molar-refractivity contribution in [1.82, 2.24) is 4.90 Å². The van der Waals surface area contributed by atoms with Gasteiger partial charge in [0.2, 0.25) is 0 Å². The average Bonchev–Trinajstić information content (AvgIpc) is 2.83. The van der Waals surface area contributed by atoms with Gasteiger partial charge in [-0.05, 0) is 49.9 Å². The van der Waals surface area contributed by atoms with Crippen molar-refractivity contribution in [2.75, 3.05) is 13.6 Å². The Balaban J connectivity index is 1.84. The molecule has 0 unspecified atom stereocenters. The highest BCUT2D eigenvalue weighted by atomic mass is 16.5. The zero-order valence-corrected chi connectivity index (χ0v) is 13.0. The van der Waals surface area contributed by atoms with Gasteiger partial charge < -0.3 is 14.7 Å². The maximum absolute atomic E-state index is 12.7. The second-order valence-corrected chi connectivity index (χ2v) is 7.66. The summed E-state index contributed by atoms with van der Waals surface area (Å²) in [5.41, 5.74) is 2.23. The number of carbonyl (C=O) groups excluding carboxylic acids is 1. The lowest BCUT2D eigenvalue weighted by atomic mass is 9.49. The van der Waals surface area contributed by atoms with Gasteiger partial charge in [0.1, 0.15) is 0 Å². The van der Waals surface area contributed by atoms with Gasteiger partial charge in [0.15, 0.2) is 23.4 Å². The number of hydrogen-bond donors (Lipinski definition) is 1. The summed E-state index contributed by atoms with van der Waals surface area (Å²) in [5, 5.41) is 10.3. The van der Waals surface area contributed by atoms with Gasteiger partial charge in [0.25, 0.3) is 0 Å². The molecule has 22 heavy (non-hydrogen) atoms. The summed E-state index contributed by atoms with van der Waals surface area (Å²) in [5.74, 6) is 1.83. The number of piperidine rings is 1. The van der Waals surface area contributed by atoms with Crippen LogP contribution in [-0.2, 0) is 16.6 Å². The fourth-order valence-electron chi connectivity index (χ4n) is 5.97. The van der Waals surface area contributed by atoms with Crippen LogP contribution in [-0.4, -0.2) is 41.5 Å². The molecule has 5 rings (SSSR count). The zero-order valence-electron chi connectivity index (χ0n) is 13.0. The lowest BCUT2D eigenvalue weighted by molar-refractivity contribution is -0.143. The normalized spacial score (nSPS) is 42.0. The number of hydrogen-bond acceptors (Lipinski definition) is 4. The standard InChI is InChI=1S/C18H21NO3/c1-9-7-13(21)17-18-5-6-19(2)11(14(9)18)8-10-3-4-12(20)16(22-17)15(10)18/h3-4,9,11,14,17,20H,5-8H2,1-2H3/t9-,11-,14+,17+,18+/m1/s1. The number of aromatic hydroxyl groups is 1. The van der Waals surface area contributed by atoms with Crippen molar-refractivity contribution in [2.24, 2.45) is 11.8 Å². The summed E-state index contributed by atoms with van der Waals surface area (Å²) in [6.07, 6.45) is 2.17. The van der Waals surface area contributed by atoms with Crippen molar-refractivity contribution in [3.63, 3.8) is 0 Å². The molecule has 4 aliphatic rings. The number of nitrogens with zero attached hydrogens (tertiary/aromatic N) is 1. The predicted molar refractivity (Wildman–Crippen MR) is 81.2 cm³/mol. The van der Waals surface area contributed by atoms with E-state index in [-0.39, 0.29) is 23.1 Å². The van der Waals surface area contributed by atoms with E-state index in [1.54, 1.807) is 6.07 Å². The number of carbonyl (C=O) groups is 1. The van der Waals surface area contributed by atoms with E-state index in [4.69, 9.17) is 4.74 Å². The zero-order chi connectivity index (χ0) is 15.2. The molecule has 2 fully saturated rings. The average molecular weight is 299 g/mol. The number of Topliss-reactive ketones (excluding diaryl/α,β-unsaturated/α-hetero) is 1. The molecule has 116 valence electrons. The lowest BCUT2D eigenvalue weighted by Gasteiger charge is -2.59. The first kappa shape index (κ1) is 12.9. The van der Waals surface area contributed by atoms with Crippen LogP contribution in [0.3, 0.4) is 0 Å². The Morgan fingerprint density at radius 3 is 3.00 bits per heavy atom. The minimum absolute atomic E-state index is 0.194. The van der Waals surface area contributed by atoms with Crippen molar-refractivity contribution >= 4 is 5.78 Å². The van der Waals surface area contributed by atoms with Crippen molar-refractivity contribution < 1.29 is 14.6 Å². The van der Waals surface area contributed by atoms with Crippen LogP contribution in [0, 0.1) is 11.8 Å². The molecule has 0 amide bonds. The summed E-state index contributed by atoms with van der Waals surface area (Å²) in [6.45, 7) is 3.22. The molecule has 1 saturated heterocycles. The Bertz CT molecular complexity index is 700. The first-order valence-electron chi connectivity index (χ1n) is 8.29. The molecule has 1 aromatic rings. The highest BCUT2D eigenvalue weighted by Gasteiger charge is 2.67. The van der Waals surface area contributed by atoms with Crippen LogP contribution in [0.15, 0.2) is 12.1 Å². The number of likely N-dealkylation sites (tertiary alicyclic amines) is 1. The monoisotopic (exact) mass is 299 g/mol. The number of likely N-dealkylation sites (N-methyl/N-ethyl adjacent to an activating group) is 1. The van der Waals surface area contributed by atoms with E-state index in [1.807, 2.05) is 6.07 Å². The maximum atomic E-state index is 12.7. The van der Waals surface area contributed by atoms with Crippen LogP contribution in [0.4, 0.5) is 0 Å². The molecule has 4 heteroatoms. The summed E-state index contributed by atoms with van der Waals surface area (Å²) in [6, 6.07) is 4.24. The first-order valence-corrected chi connectivity index (χ1v) is 8.29. The molecule has 1 saturated carbocycles. The van der Waals surface area contributed by atoms with Crippen LogP contribution in [0.1, 0.15) is 30.9 Å². The number of phenols is 1. The number of ether oxygens (including phenoxy) is 1. The third kappa shape index (κ3) is 1.23. The first-order chi connectivity index (χ1) is 10.5. The summed E-state index contributed by atoms with van der Waals surface area (Å²) in [4.78, 5) is 15.2. The molecule has 0 radical (unpaired) electrons. The van der Waals surface area contributed by atoms with Crippen LogP contribution in [0.2, 0.25) is 0 Å². The molecule has 1 aromatic carbocycles. The number of ketones is 1. The molecule has 1 N–H and O–H groups in total. The van der Waals surface area contributed by atoms with Crippen molar-refractivity contribution in [1.29, 1.82) is 0 Å². The topological polar surface area (TPSA) is 49.8 Å². The van der Waals surface area contributed by atoms with E-state index in [1.165, 1.54) is 5.56 Å². The smallest absolute Gasteiger partial charge is 0.174 e. The second kappa shape index (κ2) is 3.85. The van der Waals surface area contributed by atoms with Gasteiger partial charge in [0.05, 0.1) is 0 Å². The van der Waals surface area contributed by atoms with Gasteiger partial charge >= 0.3 is 0 Å². The van der Waals surface area contributed by atoms with Gasteiger partial charge in [-0.2, -0.15) is 0 Å². The minimum Gasteiger partial charge on any atom is -0.504 e. The Morgan fingerprint density at radius 2 is 2.18 bits per heavy atom. The Labute approximate surface area is 130 Å². The summed E-state index contributed by atoms with van der Waals surface area (Å²) >= 11 is 0. The van der Waals surface area contributed by atoms with Gasteiger partial charge in [0, 0.05) is 23.4 Å². The van der Waals surface area contributed by atoms with E-state index in [9.17, 15) is 9.90 Å². The van der Waals surface area contributed by atoms with Crippen molar-refractivity contribution in [2.45, 2.75) is 43.7 Å². The fraction of sp³-hybridized carbons (Fsp3) is 0.611. The highest BCUT2D eigenvalue weighted by molar-refractivity contribution is 5.89. The van der Waals surface area contributed by atoms with Gasteiger partial charge in [-0.1, -0.05) is 13.0 Å². The molecule has 4 nitrogen and oxygen atoms in total. The molecule has 0 aromatic heterocycles. The van der Waals surface area contributed by atoms with Crippen molar-refractivity contribution in [3.05, 3.63) is 23.3 Å². The highest BCUT2D eigenvalue weighted by Crippen LogP contribution is 2.64. The Hall–Kier alpha value is -1.55. The fourth-order valence-corrected chi connectivity index (χ4v) is 5.97. The third-order valence-corrected chi connectivity index (χ3v) is 6.70. The van der Waals surface area contributed by atoms with Crippen LogP contribution < -0.4 is 4.74 Å². The van der Waals surface area contributed by atoms with Crippen molar-refractivity contribution in [3.8, 4) is 11.5 Å². The Morgan fingerprint density at radius 1 is 1.36 bits per heavy atom. The second-order valence-electron chi connectivity index (χ2n) is 7.66. The molecule has 1 spiro atoms. The molecule has 5 atom stereocenters. The molecular weight excluding hydrogens is 278 g/mol. The quantitative estimate of drug-likeness (QED) is 0.794.